The summed E-state index contributed by atoms with van der Waals surface area (Å²) in [5, 5.41) is 8.69. The van der Waals surface area contributed by atoms with Gasteiger partial charge in [-0.3, -0.25) is 9.67 Å². The molecule has 0 aliphatic heterocycles. The molecule has 0 aliphatic rings. The quantitative estimate of drug-likeness (QED) is 0.922. The van der Waals surface area contributed by atoms with Crippen LogP contribution in [0.1, 0.15) is 41.3 Å². The Balaban J connectivity index is 2.35. The highest BCUT2D eigenvalue weighted by Gasteiger charge is 2.19. The number of likely N-dealkylation sites (N-methyl/N-ethyl adjacent to an activating group) is 1. The summed E-state index contributed by atoms with van der Waals surface area (Å²) in [6.07, 6.45) is 0.801. The lowest BCUT2D eigenvalue weighted by Gasteiger charge is -2.20. The third-order valence-electron chi connectivity index (χ3n) is 3.75. The molecular weight excluding hydrogens is 284 g/mol. The van der Waals surface area contributed by atoms with Crippen LogP contribution in [-0.4, -0.2) is 21.3 Å². The summed E-state index contributed by atoms with van der Waals surface area (Å²) in [7, 11) is 1.94. The number of nitrogens with zero attached hydrogens (tertiary/aromatic N) is 3. The molecular formula is C16H23ClN4. The van der Waals surface area contributed by atoms with E-state index in [1.807, 2.05) is 25.6 Å². The first kappa shape index (κ1) is 16.0. The summed E-state index contributed by atoms with van der Waals surface area (Å²) in [6.45, 7) is 9.02. The van der Waals surface area contributed by atoms with Crippen molar-refractivity contribution in [1.82, 2.24) is 20.1 Å². The third kappa shape index (κ3) is 3.44. The lowest BCUT2D eigenvalue weighted by atomic mass is 10.00. The molecule has 0 spiro atoms. The number of nitrogens with one attached hydrogen (secondary N) is 1. The van der Waals surface area contributed by atoms with Crippen molar-refractivity contribution in [1.29, 1.82) is 0 Å². The van der Waals surface area contributed by atoms with Crippen molar-refractivity contribution in [2.24, 2.45) is 7.05 Å². The Labute approximate surface area is 131 Å². The minimum absolute atomic E-state index is 0.190. The van der Waals surface area contributed by atoms with E-state index in [9.17, 15) is 0 Å². The minimum atomic E-state index is 0.190. The van der Waals surface area contributed by atoms with E-state index in [1.165, 1.54) is 5.56 Å². The SMILES string of the molecule is CCNC(Cc1c(Cl)c(C)nn1C)c1ccc(C)nc1C. The fraction of sp³-hybridized carbons (Fsp3) is 0.500. The molecule has 1 N–H and O–H groups in total. The summed E-state index contributed by atoms with van der Waals surface area (Å²) in [5.41, 5.74) is 5.26. The fourth-order valence-electron chi connectivity index (χ4n) is 2.70. The second kappa shape index (κ2) is 6.58. The van der Waals surface area contributed by atoms with E-state index < -0.39 is 0 Å². The van der Waals surface area contributed by atoms with Crippen LogP contribution in [0.5, 0.6) is 0 Å². The van der Waals surface area contributed by atoms with E-state index in [-0.39, 0.29) is 6.04 Å². The van der Waals surface area contributed by atoms with Gasteiger partial charge in [0, 0.05) is 30.9 Å². The van der Waals surface area contributed by atoms with Crippen molar-refractivity contribution in [3.63, 3.8) is 0 Å². The maximum Gasteiger partial charge on any atom is 0.0847 e. The first-order chi connectivity index (χ1) is 9.93. The molecule has 0 aliphatic carbocycles. The maximum atomic E-state index is 6.38. The number of rotatable bonds is 5. The summed E-state index contributed by atoms with van der Waals surface area (Å²) in [4.78, 5) is 4.57. The molecule has 5 heteroatoms. The van der Waals surface area contributed by atoms with Crippen LogP contribution in [0.3, 0.4) is 0 Å². The van der Waals surface area contributed by atoms with Gasteiger partial charge in [0.2, 0.25) is 0 Å². The average molecular weight is 307 g/mol. The molecule has 0 bridgehead atoms. The molecule has 2 aromatic heterocycles. The van der Waals surface area contributed by atoms with E-state index in [4.69, 9.17) is 11.6 Å². The van der Waals surface area contributed by atoms with Gasteiger partial charge in [0.1, 0.15) is 0 Å². The van der Waals surface area contributed by atoms with Gasteiger partial charge in [0.15, 0.2) is 0 Å². The Hall–Kier alpha value is -1.39. The van der Waals surface area contributed by atoms with Crippen LogP contribution in [0.2, 0.25) is 5.02 Å². The van der Waals surface area contributed by atoms with Gasteiger partial charge < -0.3 is 5.32 Å². The minimum Gasteiger partial charge on any atom is -0.310 e. The molecule has 0 fully saturated rings. The monoisotopic (exact) mass is 306 g/mol. The first-order valence-corrected chi connectivity index (χ1v) is 7.67. The topological polar surface area (TPSA) is 42.7 Å². The van der Waals surface area contributed by atoms with Crippen molar-refractivity contribution >= 4 is 11.6 Å². The van der Waals surface area contributed by atoms with Crippen LogP contribution >= 0.6 is 11.6 Å². The van der Waals surface area contributed by atoms with Crippen LogP contribution in [0.25, 0.3) is 0 Å². The highest BCUT2D eigenvalue weighted by Crippen LogP contribution is 2.26. The van der Waals surface area contributed by atoms with E-state index in [0.29, 0.717) is 0 Å². The van der Waals surface area contributed by atoms with E-state index >= 15 is 0 Å². The Morgan fingerprint density at radius 2 is 1.95 bits per heavy atom. The molecule has 0 radical (unpaired) electrons. The largest absolute Gasteiger partial charge is 0.310 e. The van der Waals surface area contributed by atoms with Crippen molar-refractivity contribution in [2.75, 3.05) is 6.54 Å². The Kier molecular flexibility index (Phi) is 5.01. The average Bonchev–Trinajstić information content (AvgIpc) is 2.65. The number of aromatic nitrogens is 3. The molecule has 0 saturated carbocycles. The summed E-state index contributed by atoms with van der Waals surface area (Å²) in [5.74, 6) is 0. The van der Waals surface area contributed by atoms with Gasteiger partial charge in [-0.25, -0.2) is 0 Å². The van der Waals surface area contributed by atoms with E-state index in [0.717, 1.165) is 40.8 Å². The maximum absolute atomic E-state index is 6.38. The predicted molar refractivity (Wildman–Crippen MR) is 86.8 cm³/mol. The van der Waals surface area contributed by atoms with Gasteiger partial charge in [-0.05, 0) is 38.9 Å². The third-order valence-corrected chi connectivity index (χ3v) is 4.24. The number of pyridine rings is 1. The molecule has 2 rings (SSSR count). The number of hydrogen-bond acceptors (Lipinski definition) is 3. The van der Waals surface area contributed by atoms with E-state index in [1.54, 1.807) is 0 Å². The van der Waals surface area contributed by atoms with Gasteiger partial charge in [-0.15, -0.1) is 0 Å². The standard InChI is InChI=1S/C16H23ClN4/c1-6-18-14(13-8-7-10(2)19-11(13)3)9-15-16(17)12(4)20-21(15)5/h7-8,14,18H,6,9H2,1-5H3. The first-order valence-electron chi connectivity index (χ1n) is 7.29. The second-order valence-electron chi connectivity index (χ2n) is 5.41. The molecule has 0 aromatic carbocycles. The lowest BCUT2D eigenvalue weighted by Crippen LogP contribution is -2.25. The van der Waals surface area contributed by atoms with Crippen molar-refractivity contribution in [3.05, 3.63) is 45.5 Å². The van der Waals surface area contributed by atoms with Crippen LogP contribution in [0, 0.1) is 20.8 Å². The van der Waals surface area contributed by atoms with Gasteiger partial charge in [-0.1, -0.05) is 24.6 Å². The van der Waals surface area contributed by atoms with Gasteiger partial charge in [-0.2, -0.15) is 5.10 Å². The van der Waals surface area contributed by atoms with Crippen molar-refractivity contribution < 1.29 is 0 Å². The highest BCUT2D eigenvalue weighted by atomic mass is 35.5. The second-order valence-corrected chi connectivity index (χ2v) is 5.79. The molecule has 21 heavy (non-hydrogen) atoms. The Morgan fingerprint density at radius 1 is 1.24 bits per heavy atom. The molecule has 114 valence electrons. The zero-order valence-electron chi connectivity index (χ0n) is 13.4. The number of hydrogen-bond donors (Lipinski definition) is 1. The zero-order valence-corrected chi connectivity index (χ0v) is 14.1. The van der Waals surface area contributed by atoms with Crippen LogP contribution in [-0.2, 0) is 13.5 Å². The van der Waals surface area contributed by atoms with Gasteiger partial charge >= 0.3 is 0 Å². The van der Waals surface area contributed by atoms with Crippen molar-refractivity contribution in [3.8, 4) is 0 Å². The van der Waals surface area contributed by atoms with Gasteiger partial charge in [0.25, 0.3) is 0 Å². The molecule has 2 heterocycles. The lowest BCUT2D eigenvalue weighted by molar-refractivity contribution is 0.524. The van der Waals surface area contributed by atoms with Crippen LogP contribution < -0.4 is 5.32 Å². The molecule has 4 nitrogen and oxygen atoms in total. The molecule has 1 atom stereocenters. The number of aryl methyl sites for hydroxylation is 4. The van der Waals surface area contributed by atoms with Crippen LogP contribution in [0.4, 0.5) is 0 Å². The van der Waals surface area contributed by atoms with Crippen molar-refractivity contribution in [2.45, 2.75) is 40.2 Å². The molecule has 0 saturated heterocycles. The van der Waals surface area contributed by atoms with Gasteiger partial charge in [0.05, 0.1) is 16.4 Å². The fourth-order valence-corrected chi connectivity index (χ4v) is 2.94. The summed E-state index contributed by atoms with van der Waals surface area (Å²) < 4.78 is 1.87. The Bertz CT molecular complexity index is 633. The van der Waals surface area contributed by atoms with Crippen LogP contribution in [0.15, 0.2) is 12.1 Å². The zero-order chi connectivity index (χ0) is 15.6. The van der Waals surface area contributed by atoms with E-state index in [2.05, 4.69) is 41.4 Å². The smallest absolute Gasteiger partial charge is 0.0847 e. The Morgan fingerprint density at radius 3 is 2.48 bits per heavy atom. The highest BCUT2D eigenvalue weighted by molar-refractivity contribution is 6.31. The molecule has 2 aromatic rings. The predicted octanol–water partition coefficient (Wildman–Crippen LogP) is 3.29. The molecule has 0 amide bonds. The summed E-state index contributed by atoms with van der Waals surface area (Å²) in [6, 6.07) is 4.40. The molecule has 1 unspecified atom stereocenters. The number of halogens is 1. The summed E-state index contributed by atoms with van der Waals surface area (Å²) >= 11 is 6.38. The normalized spacial score (nSPS) is 12.7.